The fourth-order valence-electron chi connectivity index (χ4n) is 3.76. The lowest BCUT2D eigenvalue weighted by molar-refractivity contribution is -0.129. The lowest BCUT2D eigenvalue weighted by Gasteiger charge is -2.39. The molecule has 3 N–H and O–H groups in total. The molecule has 116 valence electrons. The van der Waals surface area contributed by atoms with Gasteiger partial charge >= 0.3 is 0 Å². The number of primary amides is 1. The van der Waals surface area contributed by atoms with Crippen LogP contribution >= 0.6 is 0 Å². The normalized spacial score (nSPS) is 27.1. The van der Waals surface area contributed by atoms with Gasteiger partial charge in [-0.25, -0.2) is 0 Å². The summed E-state index contributed by atoms with van der Waals surface area (Å²) in [5, 5.41) is 2.79. The average Bonchev–Trinajstić information content (AvgIpc) is 2.21. The van der Waals surface area contributed by atoms with Crippen LogP contribution in [0.1, 0.15) is 60.3 Å². The second-order valence-corrected chi connectivity index (χ2v) is 7.68. The zero-order valence-corrected chi connectivity index (χ0v) is 13.5. The highest BCUT2D eigenvalue weighted by Crippen LogP contribution is 2.42. The minimum absolute atomic E-state index is 0.0261. The Balaban J connectivity index is 2.55. The van der Waals surface area contributed by atoms with Crippen LogP contribution in [0.4, 0.5) is 0 Å². The van der Waals surface area contributed by atoms with Crippen molar-refractivity contribution < 1.29 is 9.59 Å². The van der Waals surface area contributed by atoms with Crippen molar-refractivity contribution >= 4 is 11.8 Å². The maximum atomic E-state index is 12.1. The number of rotatable bonds is 5. The highest BCUT2D eigenvalue weighted by molar-refractivity contribution is 5.86. The van der Waals surface area contributed by atoms with Crippen molar-refractivity contribution in [2.75, 3.05) is 0 Å². The highest BCUT2D eigenvalue weighted by Gasteiger charge is 2.33. The van der Waals surface area contributed by atoms with E-state index in [4.69, 9.17) is 5.73 Å². The molecule has 0 bridgehead atoms. The first-order chi connectivity index (χ1) is 9.10. The molecule has 4 heteroatoms. The van der Waals surface area contributed by atoms with Crippen LogP contribution in [0.25, 0.3) is 0 Å². The lowest BCUT2D eigenvalue weighted by atomic mass is 9.67. The van der Waals surface area contributed by atoms with Gasteiger partial charge in [0.1, 0.15) is 6.04 Å². The topological polar surface area (TPSA) is 72.2 Å². The van der Waals surface area contributed by atoms with Gasteiger partial charge in [-0.3, -0.25) is 9.59 Å². The fourth-order valence-corrected chi connectivity index (χ4v) is 3.76. The van der Waals surface area contributed by atoms with E-state index in [0.29, 0.717) is 23.7 Å². The maximum absolute atomic E-state index is 12.1. The second kappa shape index (κ2) is 6.59. The minimum Gasteiger partial charge on any atom is -0.368 e. The number of amides is 2. The summed E-state index contributed by atoms with van der Waals surface area (Å²) in [6.45, 7) is 10.6. The monoisotopic (exact) mass is 282 g/mol. The summed E-state index contributed by atoms with van der Waals surface area (Å²) in [5.41, 5.74) is 5.64. The van der Waals surface area contributed by atoms with Gasteiger partial charge in [-0.2, -0.15) is 0 Å². The van der Waals surface area contributed by atoms with E-state index < -0.39 is 11.9 Å². The number of carbonyl (C=O) groups excluding carboxylic acids is 2. The third-order valence-corrected chi connectivity index (χ3v) is 4.24. The number of carbonyl (C=O) groups is 2. The molecule has 0 spiro atoms. The molecule has 1 rings (SSSR count). The largest absolute Gasteiger partial charge is 0.368 e. The van der Waals surface area contributed by atoms with E-state index in [2.05, 4.69) is 26.1 Å². The van der Waals surface area contributed by atoms with Gasteiger partial charge in [0.2, 0.25) is 11.8 Å². The number of nitrogens with one attached hydrogen (secondary N) is 1. The van der Waals surface area contributed by atoms with Crippen LogP contribution in [-0.2, 0) is 9.59 Å². The zero-order chi connectivity index (χ0) is 15.5. The van der Waals surface area contributed by atoms with Gasteiger partial charge in [0, 0.05) is 6.42 Å². The molecule has 0 aromatic heterocycles. The van der Waals surface area contributed by atoms with Crippen LogP contribution in [0.15, 0.2) is 0 Å². The number of hydrogen-bond acceptors (Lipinski definition) is 2. The van der Waals surface area contributed by atoms with Gasteiger partial charge in [-0.15, -0.1) is 0 Å². The van der Waals surface area contributed by atoms with Gasteiger partial charge in [0.15, 0.2) is 0 Å². The van der Waals surface area contributed by atoms with Gasteiger partial charge in [-0.05, 0) is 42.4 Å². The van der Waals surface area contributed by atoms with E-state index in [1.807, 2.05) is 13.8 Å². The van der Waals surface area contributed by atoms with Crippen molar-refractivity contribution in [3.8, 4) is 0 Å². The molecule has 0 heterocycles. The molecular weight excluding hydrogens is 252 g/mol. The molecule has 1 aliphatic rings. The van der Waals surface area contributed by atoms with E-state index >= 15 is 0 Å². The predicted octanol–water partition coefficient (Wildman–Crippen LogP) is 2.46. The second-order valence-electron chi connectivity index (χ2n) is 7.68. The van der Waals surface area contributed by atoms with Gasteiger partial charge in [-0.1, -0.05) is 34.6 Å². The Morgan fingerprint density at radius 1 is 1.30 bits per heavy atom. The Bertz CT molecular complexity index is 363. The van der Waals surface area contributed by atoms with E-state index in [1.165, 1.54) is 6.42 Å². The highest BCUT2D eigenvalue weighted by atomic mass is 16.2. The maximum Gasteiger partial charge on any atom is 0.240 e. The molecule has 3 unspecified atom stereocenters. The summed E-state index contributed by atoms with van der Waals surface area (Å²) in [6, 6.07) is -0.559. The lowest BCUT2D eigenvalue weighted by Crippen LogP contribution is -2.48. The molecule has 0 aromatic carbocycles. The van der Waals surface area contributed by atoms with Gasteiger partial charge in [0.25, 0.3) is 0 Å². The van der Waals surface area contributed by atoms with Gasteiger partial charge < -0.3 is 11.1 Å². The molecule has 1 aliphatic carbocycles. The summed E-state index contributed by atoms with van der Waals surface area (Å²) >= 11 is 0. The van der Waals surface area contributed by atoms with Crippen molar-refractivity contribution in [1.29, 1.82) is 0 Å². The Labute approximate surface area is 122 Å². The predicted molar refractivity (Wildman–Crippen MR) is 80.9 cm³/mol. The van der Waals surface area contributed by atoms with Crippen LogP contribution in [0, 0.1) is 23.2 Å². The Hall–Kier alpha value is -1.06. The summed E-state index contributed by atoms with van der Waals surface area (Å²) < 4.78 is 0. The quantitative estimate of drug-likeness (QED) is 0.813. The third kappa shape index (κ3) is 5.14. The molecular formula is C16H30N2O2. The molecule has 0 radical (unpaired) electrons. The average molecular weight is 282 g/mol. The van der Waals surface area contributed by atoms with Crippen LogP contribution in [-0.4, -0.2) is 17.9 Å². The minimum atomic E-state index is -0.559. The van der Waals surface area contributed by atoms with E-state index in [1.54, 1.807) is 0 Å². The molecule has 3 atom stereocenters. The molecule has 20 heavy (non-hydrogen) atoms. The summed E-state index contributed by atoms with van der Waals surface area (Å²) in [4.78, 5) is 23.5. The van der Waals surface area contributed by atoms with Crippen molar-refractivity contribution in [2.24, 2.45) is 28.9 Å². The standard InChI is InChI=1S/C16H30N2O2/c1-10(2)14(15(17)20)18-13(19)7-12-6-11(3)8-16(4,5)9-12/h10-12,14H,6-9H2,1-5H3,(H2,17,20)(H,18,19). The summed E-state index contributed by atoms with van der Waals surface area (Å²) in [7, 11) is 0. The van der Waals surface area contributed by atoms with Crippen molar-refractivity contribution in [1.82, 2.24) is 5.32 Å². The molecule has 2 amide bonds. The Kier molecular flexibility index (Phi) is 5.60. The van der Waals surface area contributed by atoms with E-state index in [9.17, 15) is 9.59 Å². The summed E-state index contributed by atoms with van der Waals surface area (Å²) in [5.74, 6) is 0.601. The molecule has 1 fully saturated rings. The molecule has 0 aromatic rings. The smallest absolute Gasteiger partial charge is 0.240 e. The van der Waals surface area contributed by atoms with Gasteiger partial charge in [0.05, 0.1) is 0 Å². The molecule has 4 nitrogen and oxygen atoms in total. The first-order valence-corrected chi connectivity index (χ1v) is 7.69. The van der Waals surface area contributed by atoms with Crippen LogP contribution in [0.5, 0.6) is 0 Å². The van der Waals surface area contributed by atoms with E-state index in [-0.39, 0.29) is 11.8 Å². The number of hydrogen-bond donors (Lipinski definition) is 2. The zero-order valence-electron chi connectivity index (χ0n) is 13.5. The fraction of sp³-hybridized carbons (Fsp3) is 0.875. The Morgan fingerprint density at radius 2 is 1.90 bits per heavy atom. The first kappa shape index (κ1) is 17.0. The molecule has 1 saturated carbocycles. The molecule has 0 saturated heterocycles. The van der Waals surface area contributed by atoms with Crippen LogP contribution < -0.4 is 11.1 Å². The van der Waals surface area contributed by atoms with Crippen molar-refractivity contribution in [2.45, 2.75) is 66.3 Å². The first-order valence-electron chi connectivity index (χ1n) is 7.69. The third-order valence-electron chi connectivity index (χ3n) is 4.24. The van der Waals surface area contributed by atoms with Crippen molar-refractivity contribution in [3.05, 3.63) is 0 Å². The SMILES string of the molecule is CC1CC(CC(=O)NC(C(N)=O)C(C)C)CC(C)(C)C1. The Morgan fingerprint density at radius 3 is 2.35 bits per heavy atom. The van der Waals surface area contributed by atoms with Crippen LogP contribution in [0.3, 0.4) is 0 Å². The number of nitrogens with two attached hydrogens (primary N) is 1. The summed E-state index contributed by atoms with van der Waals surface area (Å²) in [6.07, 6.45) is 3.90. The van der Waals surface area contributed by atoms with Crippen LogP contribution in [0.2, 0.25) is 0 Å². The molecule has 0 aliphatic heterocycles. The van der Waals surface area contributed by atoms with E-state index in [0.717, 1.165) is 12.8 Å². The van der Waals surface area contributed by atoms with Crippen molar-refractivity contribution in [3.63, 3.8) is 0 Å².